The summed E-state index contributed by atoms with van der Waals surface area (Å²) in [5, 5.41) is 0. The number of hydrogen-bond acceptors (Lipinski definition) is 0. The second-order valence-electron chi connectivity index (χ2n) is 5.68. The molecule has 0 nitrogen and oxygen atoms in total. The van der Waals surface area contributed by atoms with Gasteiger partial charge in [0.25, 0.3) is 0 Å². The summed E-state index contributed by atoms with van der Waals surface area (Å²) >= 11 is 0. The predicted octanol–water partition coefficient (Wildman–Crippen LogP) is 5.89. The molecule has 1 aliphatic carbocycles. The van der Waals surface area contributed by atoms with Gasteiger partial charge < -0.3 is 0 Å². The SMILES string of the molecule is [C-]1=C(c2ccccc2)C(c2ccccc2)=C(c2ccccc2)C1.[Ti]. The van der Waals surface area contributed by atoms with E-state index in [1.54, 1.807) is 0 Å². The zero-order valence-electron chi connectivity index (χ0n) is 13.4. The second-order valence-corrected chi connectivity index (χ2v) is 5.68. The molecule has 0 heterocycles. The van der Waals surface area contributed by atoms with E-state index < -0.39 is 0 Å². The normalized spacial score (nSPS) is 13.4. The van der Waals surface area contributed by atoms with Crippen LogP contribution < -0.4 is 0 Å². The van der Waals surface area contributed by atoms with Crippen molar-refractivity contribution in [2.45, 2.75) is 6.42 Å². The first-order valence-corrected chi connectivity index (χ1v) is 7.94. The van der Waals surface area contributed by atoms with Crippen LogP contribution in [0.25, 0.3) is 16.7 Å². The van der Waals surface area contributed by atoms with Crippen molar-refractivity contribution in [3.8, 4) is 0 Å². The van der Waals surface area contributed by atoms with Crippen LogP contribution in [0.2, 0.25) is 0 Å². The number of hydrogen-bond donors (Lipinski definition) is 0. The Bertz CT molecular complexity index is 860. The van der Waals surface area contributed by atoms with Crippen LogP contribution in [0.15, 0.2) is 91.0 Å². The Morgan fingerprint density at radius 1 is 0.542 bits per heavy atom. The van der Waals surface area contributed by atoms with Gasteiger partial charge in [-0.05, 0) is 5.56 Å². The molecule has 0 bridgehead atoms. The van der Waals surface area contributed by atoms with E-state index in [9.17, 15) is 0 Å². The summed E-state index contributed by atoms with van der Waals surface area (Å²) in [4.78, 5) is 0. The molecule has 3 aromatic carbocycles. The minimum Gasteiger partial charge on any atom is -0.196 e. The maximum Gasteiger partial charge on any atom is 0 e. The number of rotatable bonds is 3. The summed E-state index contributed by atoms with van der Waals surface area (Å²) in [5.41, 5.74) is 7.66. The fraction of sp³-hybridized carbons (Fsp3) is 0.0435. The van der Waals surface area contributed by atoms with Crippen molar-refractivity contribution in [2.24, 2.45) is 0 Å². The minimum atomic E-state index is 0. The summed E-state index contributed by atoms with van der Waals surface area (Å²) in [6.45, 7) is 0. The van der Waals surface area contributed by atoms with Crippen LogP contribution in [0, 0.1) is 6.08 Å². The maximum absolute atomic E-state index is 3.61. The van der Waals surface area contributed by atoms with Crippen molar-refractivity contribution in [1.82, 2.24) is 0 Å². The van der Waals surface area contributed by atoms with E-state index >= 15 is 0 Å². The van der Waals surface area contributed by atoms with Crippen LogP contribution in [0.4, 0.5) is 0 Å². The molecule has 24 heavy (non-hydrogen) atoms. The Balaban J connectivity index is 0.00000169. The minimum absolute atomic E-state index is 0. The van der Waals surface area contributed by atoms with Crippen LogP contribution in [0.3, 0.4) is 0 Å². The van der Waals surface area contributed by atoms with Crippen LogP contribution in [0.1, 0.15) is 23.1 Å². The summed E-state index contributed by atoms with van der Waals surface area (Å²) in [7, 11) is 0. The standard InChI is InChI=1S/C23H17.Ti/c1-4-10-18(11-5-1)21-16-17-22(19-12-6-2-7-13-19)23(21)20-14-8-3-9-15-20;/h1-15H,16H2;/q-1;. The molecule has 0 N–H and O–H groups in total. The smallest absolute Gasteiger partial charge is 0 e. The van der Waals surface area contributed by atoms with Gasteiger partial charge in [0.15, 0.2) is 0 Å². The molecule has 1 heteroatoms. The molecule has 0 fully saturated rings. The average molecular weight is 341 g/mol. The van der Waals surface area contributed by atoms with Crippen molar-refractivity contribution in [3.05, 3.63) is 114 Å². The topological polar surface area (TPSA) is 0 Å². The Morgan fingerprint density at radius 2 is 1.00 bits per heavy atom. The molecular weight excluding hydrogens is 324 g/mol. The summed E-state index contributed by atoms with van der Waals surface area (Å²) in [6, 6.07) is 31.9. The molecule has 4 rings (SSSR count). The molecule has 0 unspecified atom stereocenters. The van der Waals surface area contributed by atoms with Crippen molar-refractivity contribution in [2.75, 3.05) is 0 Å². The first-order chi connectivity index (χ1) is 11.4. The third-order valence-electron chi connectivity index (χ3n) is 4.24. The maximum atomic E-state index is 3.61. The molecule has 3 aromatic rings. The first kappa shape index (κ1) is 16.7. The molecule has 1 aliphatic rings. The third kappa shape index (κ3) is 3.21. The second kappa shape index (κ2) is 7.62. The van der Waals surface area contributed by atoms with Gasteiger partial charge in [0.2, 0.25) is 0 Å². The zero-order valence-corrected chi connectivity index (χ0v) is 14.9. The predicted molar refractivity (Wildman–Crippen MR) is 97.4 cm³/mol. The molecule has 0 aliphatic heterocycles. The fourth-order valence-electron chi connectivity index (χ4n) is 3.16. The van der Waals surface area contributed by atoms with E-state index in [1.807, 2.05) is 0 Å². The van der Waals surface area contributed by atoms with E-state index in [2.05, 4.69) is 97.1 Å². The van der Waals surface area contributed by atoms with Gasteiger partial charge >= 0.3 is 0 Å². The van der Waals surface area contributed by atoms with E-state index in [4.69, 9.17) is 0 Å². The number of allylic oxidation sites excluding steroid dienone is 4. The Labute approximate surface area is 158 Å². The van der Waals surface area contributed by atoms with Gasteiger partial charge in [-0.2, -0.15) is 11.6 Å². The van der Waals surface area contributed by atoms with E-state index in [1.165, 1.54) is 33.4 Å². The molecule has 114 valence electrons. The van der Waals surface area contributed by atoms with E-state index in [-0.39, 0.29) is 21.7 Å². The van der Waals surface area contributed by atoms with Crippen LogP contribution in [-0.2, 0) is 21.7 Å². The Kier molecular flexibility index (Phi) is 5.30. The van der Waals surface area contributed by atoms with Gasteiger partial charge in [-0.1, -0.05) is 96.4 Å². The summed E-state index contributed by atoms with van der Waals surface area (Å²) in [5.74, 6) is 0. The van der Waals surface area contributed by atoms with Gasteiger partial charge in [-0.3, -0.25) is 0 Å². The molecule has 0 aromatic heterocycles. The van der Waals surface area contributed by atoms with Gasteiger partial charge in [0, 0.05) is 21.7 Å². The first-order valence-electron chi connectivity index (χ1n) is 7.94. The third-order valence-corrected chi connectivity index (χ3v) is 4.24. The van der Waals surface area contributed by atoms with Crippen LogP contribution in [0.5, 0.6) is 0 Å². The summed E-state index contributed by atoms with van der Waals surface area (Å²) in [6.07, 6.45) is 4.47. The van der Waals surface area contributed by atoms with Crippen LogP contribution in [-0.4, -0.2) is 0 Å². The number of benzene rings is 3. The van der Waals surface area contributed by atoms with Crippen molar-refractivity contribution < 1.29 is 21.7 Å². The van der Waals surface area contributed by atoms with E-state index in [0.29, 0.717) is 0 Å². The zero-order chi connectivity index (χ0) is 15.5. The fourth-order valence-corrected chi connectivity index (χ4v) is 3.16. The van der Waals surface area contributed by atoms with Crippen LogP contribution >= 0.6 is 0 Å². The monoisotopic (exact) mass is 341 g/mol. The van der Waals surface area contributed by atoms with Crippen molar-refractivity contribution in [1.29, 1.82) is 0 Å². The van der Waals surface area contributed by atoms with Gasteiger partial charge in [0.1, 0.15) is 0 Å². The van der Waals surface area contributed by atoms with Gasteiger partial charge in [-0.25, -0.2) is 0 Å². The molecule has 0 saturated carbocycles. The van der Waals surface area contributed by atoms with Crippen molar-refractivity contribution in [3.63, 3.8) is 0 Å². The quantitative estimate of drug-likeness (QED) is 0.412. The molecule has 0 spiro atoms. The molecule has 0 atom stereocenters. The van der Waals surface area contributed by atoms with Gasteiger partial charge in [0.05, 0.1) is 0 Å². The largest absolute Gasteiger partial charge is 0.196 e. The molecule has 0 saturated heterocycles. The van der Waals surface area contributed by atoms with E-state index in [0.717, 1.165) is 6.42 Å². The van der Waals surface area contributed by atoms with Crippen molar-refractivity contribution >= 4 is 16.7 Å². The molecule has 0 radical (unpaired) electrons. The van der Waals surface area contributed by atoms with Gasteiger partial charge in [-0.15, -0.1) is 23.3 Å². The Hall–Kier alpha value is -2.15. The average Bonchev–Trinajstić information content (AvgIpc) is 3.09. The summed E-state index contributed by atoms with van der Waals surface area (Å²) < 4.78 is 0. The molecule has 0 amide bonds. The Morgan fingerprint density at radius 3 is 1.54 bits per heavy atom. The molecular formula is C23H17Ti-.